The maximum absolute atomic E-state index is 11.4. The molecule has 0 aliphatic heterocycles. The lowest BCUT2D eigenvalue weighted by molar-refractivity contribution is 0.413. The van der Waals surface area contributed by atoms with Gasteiger partial charge in [0.05, 0.1) is 28.9 Å². The van der Waals surface area contributed by atoms with Crippen molar-refractivity contribution < 1.29 is 34.7 Å². The first-order valence-electron chi connectivity index (χ1n) is 12.4. The van der Waals surface area contributed by atoms with Gasteiger partial charge in [0.1, 0.15) is 11.5 Å². The molecular weight excluding hydrogens is 597 g/mol. The van der Waals surface area contributed by atoms with Gasteiger partial charge in [0, 0.05) is 18.8 Å². The summed E-state index contributed by atoms with van der Waals surface area (Å²) in [5, 5.41) is 3.87. The molecule has 0 aliphatic rings. The monoisotopic (exact) mass is 628 g/mol. The zero-order valence-corrected chi connectivity index (χ0v) is 26.3. The highest BCUT2D eigenvalue weighted by Gasteiger charge is 2.09. The number of benzene rings is 5. The van der Waals surface area contributed by atoms with E-state index in [4.69, 9.17) is 9.47 Å². The second kappa shape index (κ2) is 13.4. The van der Waals surface area contributed by atoms with E-state index in [1.165, 1.54) is 38.0 Å². The molecule has 5 aromatic carbocycles. The van der Waals surface area contributed by atoms with Crippen molar-refractivity contribution in [1.82, 2.24) is 0 Å². The van der Waals surface area contributed by atoms with Crippen molar-refractivity contribution in [2.24, 2.45) is 0 Å². The molecule has 11 heteroatoms. The smallest absolute Gasteiger partial charge is 0.175 e. The molecule has 0 atom stereocenters. The van der Waals surface area contributed by atoms with Crippen LogP contribution in [0.3, 0.4) is 0 Å². The number of methoxy groups -OCH3 is 2. The summed E-state index contributed by atoms with van der Waals surface area (Å²) in [5.41, 5.74) is 0. The summed E-state index contributed by atoms with van der Waals surface area (Å²) in [7, 11) is -6.28. The summed E-state index contributed by atoms with van der Waals surface area (Å²) in [6, 6.07) is 29.9. The van der Waals surface area contributed by atoms with E-state index in [1.54, 1.807) is 49.6 Å². The fourth-order valence-corrected chi connectivity index (χ4v) is 5.76. The van der Waals surface area contributed by atoms with E-state index < -0.39 is 29.5 Å². The molecule has 0 unspecified atom stereocenters. The fourth-order valence-electron chi connectivity index (χ4n) is 3.79. The second-order valence-corrected chi connectivity index (χ2v) is 15.4. The summed E-state index contributed by atoms with van der Waals surface area (Å²) in [6.45, 7) is 0. The van der Waals surface area contributed by atoms with Crippen molar-refractivity contribution >= 4 is 51.1 Å². The van der Waals surface area contributed by atoms with E-state index in [1.807, 2.05) is 48.5 Å². The Labute approximate surface area is 247 Å². The van der Waals surface area contributed by atoms with Gasteiger partial charge in [-0.1, -0.05) is 48.5 Å². The minimum absolute atomic E-state index is 0.279. The Bertz CT molecular complexity index is 2030. The van der Waals surface area contributed by atoms with Gasteiger partial charge in [-0.05, 0) is 76.1 Å². The first-order chi connectivity index (χ1) is 19.6. The number of ether oxygens (including phenoxy) is 2. The fraction of sp³-hybridized carbons (Fsp3) is 0.161. The quantitative estimate of drug-likeness (QED) is 0.247. The summed E-state index contributed by atoms with van der Waals surface area (Å²) in [5.74, 6) is 1.27. The molecule has 0 fully saturated rings. The van der Waals surface area contributed by atoms with E-state index in [0.29, 0.717) is 15.5 Å². The highest BCUT2D eigenvalue weighted by Crippen LogP contribution is 2.24. The lowest BCUT2D eigenvalue weighted by Gasteiger charge is -2.04. The molecule has 5 rings (SSSR count). The SMILES string of the molecule is COc1ccc2ccc(S(C)(=O)=O)cc2c1.COc1cccc(S(C)(=O)=O)c1.CS(=O)(=O)c1ccc2ccccc2c1. The number of fused-ring (bicyclic) bond motifs is 2. The Balaban J connectivity index is 0.000000175. The molecule has 0 bridgehead atoms. The van der Waals surface area contributed by atoms with Crippen LogP contribution in [0.4, 0.5) is 0 Å². The van der Waals surface area contributed by atoms with Gasteiger partial charge < -0.3 is 9.47 Å². The predicted octanol–water partition coefficient (Wildman–Crippen LogP) is 5.59. The van der Waals surface area contributed by atoms with Crippen molar-refractivity contribution in [3.8, 4) is 11.5 Å². The van der Waals surface area contributed by atoms with E-state index in [2.05, 4.69) is 0 Å². The van der Waals surface area contributed by atoms with E-state index >= 15 is 0 Å². The first kappa shape index (κ1) is 32.6. The predicted molar refractivity (Wildman–Crippen MR) is 167 cm³/mol. The van der Waals surface area contributed by atoms with Crippen LogP contribution in [0.25, 0.3) is 21.5 Å². The van der Waals surface area contributed by atoms with Gasteiger partial charge in [-0.2, -0.15) is 0 Å². The van der Waals surface area contributed by atoms with Gasteiger partial charge in [-0.3, -0.25) is 0 Å². The highest BCUT2D eigenvalue weighted by atomic mass is 32.2. The summed E-state index contributed by atoms with van der Waals surface area (Å²) in [4.78, 5) is 0.978. The summed E-state index contributed by atoms with van der Waals surface area (Å²) < 4.78 is 77.4. The van der Waals surface area contributed by atoms with Crippen molar-refractivity contribution in [3.63, 3.8) is 0 Å². The van der Waals surface area contributed by atoms with Crippen molar-refractivity contribution in [1.29, 1.82) is 0 Å². The molecule has 0 aliphatic carbocycles. The van der Waals surface area contributed by atoms with Crippen LogP contribution in [0.15, 0.2) is 118 Å². The van der Waals surface area contributed by atoms with Crippen molar-refractivity contribution in [2.75, 3.05) is 33.0 Å². The van der Waals surface area contributed by atoms with Crippen LogP contribution >= 0.6 is 0 Å². The van der Waals surface area contributed by atoms with E-state index in [0.717, 1.165) is 27.3 Å². The Morgan fingerprint density at radius 2 is 0.833 bits per heavy atom. The number of sulfone groups is 3. The van der Waals surface area contributed by atoms with Crippen molar-refractivity contribution in [3.05, 3.63) is 103 Å². The van der Waals surface area contributed by atoms with Gasteiger partial charge >= 0.3 is 0 Å². The van der Waals surface area contributed by atoms with Gasteiger partial charge in [-0.15, -0.1) is 0 Å². The van der Waals surface area contributed by atoms with Crippen LogP contribution < -0.4 is 9.47 Å². The molecule has 0 N–H and O–H groups in total. The van der Waals surface area contributed by atoms with Gasteiger partial charge in [-0.25, -0.2) is 25.3 Å². The molecule has 222 valence electrons. The standard InChI is InChI=1S/C12H12O3S.C11H10O2S.C8H10O3S/c1-15-11-5-3-9-4-6-12(16(2,13)14)8-10(9)7-11;1-14(12,13)11-7-6-9-4-2-3-5-10(9)8-11;1-11-7-4-3-5-8(6-7)12(2,9)10/h3-8H,1-2H3;2-8H,1H3;3-6H,1-2H3. The molecule has 0 amide bonds. The van der Waals surface area contributed by atoms with Crippen LogP contribution in [0.2, 0.25) is 0 Å². The Morgan fingerprint density at radius 3 is 1.36 bits per heavy atom. The topological polar surface area (TPSA) is 121 Å². The summed E-state index contributed by atoms with van der Waals surface area (Å²) in [6.07, 6.45) is 3.59. The summed E-state index contributed by atoms with van der Waals surface area (Å²) >= 11 is 0. The maximum atomic E-state index is 11.4. The number of hydrogen-bond donors (Lipinski definition) is 0. The Morgan fingerprint density at radius 1 is 0.405 bits per heavy atom. The number of hydrogen-bond acceptors (Lipinski definition) is 8. The molecule has 0 heterocycles. The van der Waals surface area contributed by atoms with Crippen LogP contribution in [-0.4, -0.2) is 58.2 Å². The van der Waals surface area contributed by atoms with Gasteiger partial charge in [0.2, 0.25) is 0 Å². The first-order valence-corrected chi connectivity index (χ1v) is 18.1. The van der Waals surface area contributed by atoms with Crippen molar-refractivity contribution in [2.45, 2.75) is 14.7 Å². The lowest BCUT2D eigenvalue weighted by atomic mass is 10.1. The second-order valence-electron chi connectivity index (χ2n) is 9.38. The molecule has 0 saturated heterocycles. The third-order valence-corrected chi connectivity index (χ3v) is 9.40. The minimum Gasteiger partial charge on any atom is -0.497 e. The minimum atomic E-state index is -3.15. The molecular formula is C31H32O8S3. The van der Waals surface area contributed by atoms with Crippen LogP contribution in [0, 0.1) is 0 Å². The third kappa shape index (κ3) is 9.04. The molecule has 0 spiro atoms. The highest BCUT2D eigenvalue weighted by molar-refractivity contribution is 7.91. The van der Waals surface area contributed by atoms with Gasteiger partial charge in [0.15, 0.2) is 29.5 Å². The molecule has 8 nitrogen and oxygen atoms in total. The zero-order valence-electron chi connectivity index (χ0n) is 23.8. The molecule has 42 heavy (non-hydrogen) atoms. The molecule has 0 aromatic heterocycles. The maximum Gasteiger partial charge on any atom is 0.175 e. The van der Waals surface area contributed by atoms with E-state index in [9.17, 15) is 25.3 Å². The Hall–Kier alpha value is -3.93. The average Bonchev–Trinajstić information content (AvgIpc) is 2.95. The Kier molecular flexibility index (Phi) is 10.4. The zero-order chi connectivity index (χ0) is 31.1. The molecule has 0 radical (unpaired) electrons. The van der Waals surface area contributed by atoms with Crippen LogP contribution in [0.5, 0.6) is 11.5 Å². The average molecular weight is 629 g/mol. The number of rotatable bonds is 5. The molecule has 5 aromatic rings. The normalized spacial score (nSPS) is 11.5. The van der Waals surface area contributed by atoms with Crippen LogP contribution in [0.1, 0.15) is 0 Å². The third-order valence-electron chi connectivity index (χ3n) is 6.07. The van der Waals surface area contributed by atoms with E-state index in [-0.39, 0.29) is 4.90 Å². The lowest BCUT2D eigenvalue weighted by Crippen LogP contribution is -1.96. The molecule has 0 saturated carbocycles. The van der Waals surface area contributed by atoms with Gasteiger partial charge in [0.25, 0.3) is 0 Å². The van der Waals surface area contributed by atoms with Crippen LogP contribution in [-0.2, 0) is 29.5 Å². The largest absolute Gasteiger partial charge is 0.497 e.